The standard InChI is InChI=1S/C21H26N2O2/c1-15-9-8-10-17(13-15)14-22-19(24)21(3,4)20(25)23-16(2)18-11-6-5-7-12-18/h5-13,16H,14H2,1-4H3,(H,22,24)(H,23,25). The molecular weight excluding hydrogens is 312 g/mol. The van der Waals surface area contributed by atoms with Gasteiger partial charge in [-0.1, -0.05) is 60.2 Å². The summed E-state index contributed by atoms with van der Waals surface area (Å²) >= 11 is 0. The molecule has 1 atom stereocenters. The summed E-state index contributed by atoms with van der Waals surface area (Å²) in [6.07, 6.45) is 0. The summed E-state index contributed by atoms with van der Waals surface area (Å²) in [5.74, 6) is -0.572. The van der Waals surface area contributed by atoms with E-state index in [9.17, 15) is 9.59 Å². The van der Waals surface area contributed by atoms with Gasteiger partial charge in [-0.05, 0) is 38.8 Å². The zero-order valence-electron chi connectivity index (χ0n) is 15.3. The van der Waals surface area contributed by atoms with Crippen LogP contribution in [0.5, 0.6) is 0 Å². The van der Waals surface area contributed by atoms with E-state index in [0.717, 1.165) is 16.7 Å². The molecule has 0 spiro atoms. The minimum Gasteiger partial charge on any atom is -0.351 e. The molecule has 2 aromatic carbocycles. The van der Waals surface area contributed by atoms with Gasteiger partial charge in [-0.3, -0.25) is 9.59 Å². The van der Waals surface area contributed by atoms with E-state index in [2.05, 4.69) is 10.6 Å². The van der Waals surface area contributed by atoms with Crippen molar-refractivity contribution in [2.45, 2.75) is 40.3 Å². The number of hydrogen-bond donors (Lipinski definition) is 2. The third kappa shape index (κ3) is 4.92. The molecule has 0 heterocycles. The van der Waals surface area contributed by atoms with Gasteiger partial charge in [0.2, 0.25) is 11.8 Å². The lowest BCUT2D eigenvalue weighted by Crippen LogP contribution is -2.48. The molecule has 0 aromatic heterocycles. The molecule has 25 heavy (non-hydrogen) atoms. The Bertz CT molecular complexity index is 739. The molecule has 0 aliphatic carbocycles. The first-order valence-electron chi connectivity index (χ1n) is 8.50. The lowest BCUT2D eigenvalue weighted by molar-refractivity contribution is -0.141. The van der Waals surface area contributed by atoms with Crippen molar-refractivity contribution >= 4 is 11.8 Å². The van der Waals surface area contributed by atoms with Gasteiger partial charge in [-0.25, -0.2) is 0 Å². The minimum atomic E-state index is -1.15. The number of amides is 2. The molecule has 2 N–H and O–H groups in total. The van der Waals surface area contributed by atoms with Crippen molar-refractivity contribution in [3.8, 4) is 0 Å². The average molecular weight is 338 g/mol. The molecule has 4 heteroatoms. The first-order valence-corrected chi connectivity index (χ1v) is 8.50. The molecule has 0 aliphatic heterocycles. The quantitative estimate of drug-likeness (QED) is 0.792. The molecular formula is C21H26N2O2. The smallest absolute Gasteiger partial charge is 0.235 e. The molecule has 4 nitrogen and oxygen atoms in total. The van der Waals surface area contributed by atoms with E-state index in [1.54, 1.807) is 13.8 Å². The number of rotatable bonds is 6. The van der Waals surface area contributed by atoms with Crippen LogP contribution < -0.4 is 10.6 Å². The number of hydrogen-bond acceptors (Lipinski definition) is 2. The van der Waals surface area contributed by atoms with Crippen molar-refractivity contribution < 1.29 is 9.59 Å². The molecule has 0 saturated carbocycles. The van der Waals surface area contributed by atoms with Crippen molar-refractivity contribution in [3.05, 3.63) is 71.3 Å². The summed E-state index contributed by atoms with van der Waals surface area (Å²) in [6.45, 7) is 7.62. The molecule has 0 bridgehead atoms. The average Bonchev–Trinajstić information content (AvgIpc) is 2.60. The Morgan fingerprint density at radius 3 is 2.32 bits per heavy atom. The van der Waals surface area contributed by atoms with Gasteiger partial charge in [0, 0.05) is 6.54 Å². The first-order chi connectivity index (χ1) is 11.8. The summed E-state index contributed by atoms with van der Waals surface area (Å²) in [5.41, 5.74) is 2.02. The Morgan fingerprint density at radius 1 is 1.00 bits per heavy atom. The largest absolute Gasteiger partial charge is 0.351 e. The van der Waals surface area contributed by atoms with Crippen LogP contribution >= 0.6 is 0 Å². The molecule has 2 amide bonds. The fourth-order valence-electron chi connectivity index (χ4n) is 2.53. The van der Waals surface area contributed by atoms with E-state index in [1.807, 2.05) is 68.4 Å². The number of benzene rings is 2. The fourth-order valence-corrected chi connectivity index (χ4v) is 2.53. The van der Waals surface area contributed by atoms with Crippen LogP contribution in [0.4, 0.5) is 0 Å². The van der Waals surface area contributed by atoms with E-state index in [4.69, 9.17) is 0 Å². The van der Waals surface area contributed by atoms with Gasteiger partial charge in [0.15, 0.2) is 0 Å². The molecule has 0 aliphatic rings. The number of nitrogens with one attached hydrogen (secondary N) is 2. The zero-order valence-corrected chi connectivity index (χ0v) is 15.3. The maximum atomic E-state index is 12.6. The van der Waals surface area contributed by atoms with Gasteiger partial charge >= 0.3 is 0 Å². The van der Waals surface area contributed by atoms with Crippen LogP contribution in [0.25, 0.3) is 0 Å². The summed E-state index contributed by atoms with van der Waals surface area (Å²) in [7, 11) is 0. The second-order valence-electron chi connectivity index (χ2n) is 6.90. The molecule has 0 saturated heterocycles. The van der Waals surface area contributed by atoms with Crippen LogP contribution in [0, 0.1) is 12.3 Å². The van der Waals surface area contributed by atoms with Crippen molar-refractivity contribution in [3.63, 3.8) is 0 Å². The van der Waals surface area contributed by atoms with Crippen LogP contribution in [0.15, 0.2) is 54.6 Å². The lowest BCUT2D eigenvalue weighted by atomic mass is 9.90. The molecule has 132 valence electrons. The fraction of sp³-hybridized carbons (Fsp3) is 0.333. The molecule has 1 unspecified atom stereocenters. The van der Waals surface area contributed by atoms with Gasteiger partial charge in [-0.15, -0.1) is 0 Å². The van der Waals surface area contributed by atoms with E-state index >= 15 is 0 Å². The highest BCUT2D eigenvalue weighted by molar-refractivity contribution is 6.04. The topological polar surface area (TPSA) is 58.2 Å². The van der Waals surface area contributed by atoms with Crippen molar-refractivity contribution in [2.75, 3.05) is 0 Å². The highest BCUT2D eigenvalue weighted by atomic mass is 16.2. The van der Waals surface area contributed by atoms with Crippen molar-refractivity contribution in [1.29, 1.82) is 0 Å². The van der Waals surface area contributed by atoms with Crippen LogP contribution in [-0.2, 0) is 16.1 Å². The highest BCUT2D eigenvalue weighted by Gasteiger charge is 2.36. The Kier molecular flexibility index (Phi) is 5.97. The van der Waals surface area contributed by atoms with E-state index in [1.165, 1.54) is 0 Å². The number of carbonyl (C=O) groups excluding carboxylic acids is 2. The molecule has 2 aromatic rings. The van der Waals surface area contributed by atoms with E-state index in [0.29, 0.717) is 6.54 Å². The molecule has 0 fully saturated rings. The Hall–Kier alpha value is -2.62. The summed E-state index contributed by atoms with van der Waals surface area (Å²) < 4.78 is 0. The van der Waals surface area contributed by atoms with Gasteiger partial charge in [0.05, 0.1) is 6.04 Å². The second kappa shape index (κ2) is 7.97. The van der Waals surface area contributed by atoms with Crippen LogP contribution in [-0.4, -0.2) is 11.8 Å². The summed E-state index contributed by atoms with van der Waals surface area (Å²) in [5, 5.41) is 5.79. The third-order valence-electron chi connectivity index (χ3n) is 4.32. The van der Waals surface area contributed by atoms with Gasteiger partial charge in [0.1, 0.15) is 5.41 Å². The highest BCUT2D eigenvalue weighted by Crippen LogP contribution is 2.19. The van der Waals surface area contributed by atoms with Gasteiger partial charge in [-0.2, -0.15) is 0 Å². The van der Waals surface area contributed by atoms with E-state index in [-0.39, 0.29) is 17.9 Å². The third-order valence-corrected chi connectivity index (χ3v) is 4.32. The maximum Gasteiger partial charge on any atom is 0.235 e. The Labute approximate surface area is 149 Å². The SMILES string of the molecule is Cc1cccc(CNC(=O)C(C)(C)C(=O)NC(C)c2ccccc2)c1. The first kappa shape index (κ1) is 18.7. The minimum absolute atomic E-state index is 0.155. The lowest BCUT2D eigenvalue weighted by Gasteiger charge is -2.25. The molecule has 0 radical (unpaired) electrons. The van der Waals surface area contributed by atoms with E-state index < -0.39 is 5.41 Å². The predicted octanol–water partition coefficient (Wildman–Crippen LogP) is 3.51. The van der Waals surface area contributed by atoms with Gasteiger partial charge in [0.25, 0.3) is 0 Å². The normalized spacial score (nSPS) is 12.3. The number of aryl methyl sites for hydroxylation is 1. The Balaban J connectivity index is 1.96. The second-order valence-corrected chi connectivity index (χ2v) is 6.90. The van der Waals surface area contributed by atoms with Crippen LogP contribution in [0.1, 0.15) is 43.5 Å². The maximum absolute atomic E-state index is 12.6. The molecule has 2 rings (SSSR count). The van der Waals surface area contributed by atoms with Crippen molar-refractivity contribution in [2.24, 2.45) is 5.41 Å². The van der Waals surface area contributed by atoms with Gasteiger partial charge < -0.3 is 10.6 Å². The Morgan fingerprint density at radius 2 is 1.68 bits per heavy atom. The van der Waals surface area contributed by atoms with Crippen molar-refractivity contribution in [1.82, 2.24) is 10.6 Å². The van der Waals surface area contributed by atoms with Crippen LogP contribution in [0.3, 0.4) is 0 Å². The zero-order chi connectivity index (χ0) is 18.4. The predicted molar refractivity (Wildman–Crippen MR) is 99.8 cm³/mol. The number of carbonyl (C=O) groups is 2. The monoisotopic (exact) mass is 338 g/mol. The summed E-state index contributed by atoms with van der Waals surface area (Å²) in [4.78, 5) is 25.1. The summed E-state index contributed by atoms with van der Waals surface area (Å²) in [6, 6.07) is 17.5. The van der Waals surface area contributed by atoms with Crippen LogP contribution in [0.2, 0.25) is 0 Å².